The molecule has 0 N–H and O–H groups in total. The Bertz CT molecular complexity index is 415. The molecule has 1 aliphatic heterocycles. The second-order valence-electron chi connectivity index (χ2n) is 4.70. The Morgan fingerprint density at radius 1 is 1.56 bits per heavy atom. The van der Waals surface area contributed by atoms with Crippen molar-refractivity contribution in [1.29, 1.82) is 0 Å². The third-order valence-corrected chi connectivity index (χ3v) is 3.90. The lowest BCUT2D eigenvalue weighted by molar-refractivity contribution is 0.246. The molecule has 0 aromatic carbocycles. The number of halogens is 1. The number of hydrogen-bond acceptors (Lipinski definition) is 5. The number of hydrogen-bond donors (Lipinski definition) is 0. The molecular formula is C12H19BrN4O. The second-order valence-corrected chi connectivity index (χ2v) is 5.55. The van der Waals surface area contributed by atoms with E-state index in [-0.39, 0.29) is 0 Å². The molecule has 0 bridgehead atoms. The lowest BCUT2D eigenvalue weighted by Crippen LogP contribution is -2.45. The number of ether oxygens (including phenoxy) is 1. The lowest BCUT2D eigenvalue weighted by Gasteiger charge is -2.35. The van der Waals surface area contributed by atoms with E-state index in [1.807, 2.05) is 7.05 Å². The fraction of sp³-hybridized carbons (Fsp3) is 0.667. The molecule has 1 unspecified atom stereocenters. The molecule has 0 spiro atoms. The summed E-state index contributed by atoms with van der Waals surface area (Å²) in [7, 11) is 5.82. The normalized spacial score (nSPS) is 20.8. The SMILES string of the molecule is COc1nc(N(C)C2CCCN(C)C2)ncc1Br. The summed E-state index contributed by atoms with van der Waals surface area (Å²) in [5, 5.41) is 0. The Morgan fingerprint density at radius 2 is 2.33 bits per heavy atom. The molecule has 1 saturated heterocycles. The van der Waals surface area contributed by atoms with Crippen molar-refractivity contribution in [3.05, 3.63) is 10.7 Å². The van der Waals surface area contributed by atoms with Gasteiger partial charge in [-0.3, -0.25) is 0 Å². The van der Waals surface area contributed by atoms with Crippen LogP contribution in [0.25, 0.3) is 0 Å². The minimum atomic E-state index is 0.467. The van der Waals surface area contributed by atoms with E-state index in [0.29, 0.717) is 11.9 Å². The van der Waals surface area contributed by atoms with Crippen molar-refractivity contribution in [1.82, 2.24) is 14.9 Å². The number of rotatable bonds is 3. The molecule has 1 fully saturated rings. The number of nitrogens with zero attached hydrogens (tertiary/aromatic N) is 4. The minimum Gasteiger partial charge on any atom is -0.480 e. The van der Waals surface area contributed by atoms with E-state index in [1.54, 1.807) is 13.3 Å². The van der Waals surface area contributed by atoms with Gasteiger partial charge < -0.3 is 14.5 Å². The smallest absolute Gasteiger partial charge is 0.232 e. The maximum Gasteiger partial charge on any atom is 0.232 e. The fourth-order valence-electron chi connectivity index (χ4n) is 2.27. The predicted octanol–water partition coefficient (Wildman–Crippen LogP) is 1.78. The Kier molecular flexibility index (Phi) is 4.40. The van der Waals surface area contributed by atoms with Gasteiger partial charge in [-0.15, -0.1) is 0 Å². The van der Waals surface area contributed by atoms with Gasteiger partial charge in [0, 0.05) is 19.6 Å². The topological polar surface area (TPSA) is 41.5 Å². The fourth-order valence-corrected chi connectivity index (χ4v) is 2.63. The van der Waals surface area contributed by atoms with Gasteiger partial charge in [-0.2, -0.15) is 4.98 Å². The number of likely N-dealkylation sites (tertiary alicyclic amines) is 1. The van der Waals surface area contributed by atoms with Crippen LogP contribution in [0.1, 0.15) is 12.8 Å². The number of aromatic nitrogens is 2. The molecule has 1 aromatic rings. The van der Waals surface area contributed by atoms with Gasteiger partial charge in [0.1, 0.15) is 0 Å². The molecule has 0 radical (unpaired) electrons. The maximum atomic E-state index is 5.21. The van der Waals surface area contributed by atoms with Crippen molar-refractivity contribution in [3.63, 3.8) is 0 Å². The number of methoxy groups -OCH3 is 1. The highest BCUT2D eigenvalue weighted by molar-refractivity contribution is 9.10. The molecule has 2 heterocycles. The number of anilines is 1. The highest BCUT2D eigenvalue weighted by Crippen LogP contribution is 2.25. The third-order valence-electron chi connectivity index (χ3n) is 3.36. The van der Waals surface area contributed by atoms with Crippen LogP contribution in [0, 0.1) is 0 Å². The lowest BCUT2D eigenvalue weighted by atomic mass is 10.1. The minimum absolute atomic E-state index is 0.467. The second kappa shape index (κ2) is 5.84. The highest BCUT2D eigenvalue weighted by atomic mass is 79.9. The first-order valence-electron chi connectivity index (χ1n) is 6.09. The summed E-state index contributed by atoms with van der Waals surface area (Å²) in [4.78, 5) is 13.3. The van der Waals surface area contributed by atoms with Gasteiger partial charge in [0.25, 0.3) is 0 Å². The first-order valence-corrected chi connectivity index (χ1v) is 6.89. The molecule has 100 valence electrons. The summed E-state index contributed by atoms with van der Waals surface area (Å²) in [5.41, 5.74) is 0. The van der Waals surface area contributed by atoms with Gasteiger partial charge in [0.05, 0.1) is 17.8 Å². The molecule has 0 aliphatic carbocycles. The third kappa shape index (κ3) is 2.92. The van der Waals surface area contributed by atoms with Crippen LogP contribution < -0.4 is 9.64 Å². The van der Waals surface area contributed by atoms with Gasteiger partial charge in [-0.1, -0.05) is 0 Å². The average molecular weight is 315 g/mol. The molecule has 1 atom stereocenters. The molecule has 0 amide bonds. The maximum absolute atomic E-state index is 5.21. The summed E-state index contributed by atoms with van der Waals surface area (Å²) in [6.07, 6.45) is 4.14. The van der Waals surface area contributed by atoms with Crippen LogP contribution in [0.5, 0.6) is 5.88 Å². The van der Waals surface area contributed by atoms with Crippen molar-refractivity contribution in [2.75, 3.05) is 39.2 Å². The molecule has 5 nitrogen and oxygen atoms in total. The summed E-state index contributed by atoms with van der Waals surface area (Å²) in [6.45, 7) is 2.23. The van der Waals surface area contributed by atoms with Crippen molar-refractivity contribution in [2.45, 2.75) is 18.9 Å². The van der Waals surface area contributed by atoms with Crippen LogP contribution in [0.3, 0.4) is 0 Å². The van der Waals surface area contributed by atoms with Gasteiger partial charge in [0.15, 0.2) is 0 Å². The van der Waals surface area contributed by atoms with Gasteiger partial charge in [-0.25, -0.2) is 4.98 Å². The van der Waals surface area contributed by atoms with Crippen LogP contribution in [0.15, 0.2) is 10.7 Å². The van der Waals surface area contributed by atoms with Gasteiger partial charge in [-0.05, 0) is 42.4 Å². The molecule has 1 aliphatic rings. The first-order chi connectivity index (χ1) is 8.61. The summed E-state index contributed by atoms with van der Waals surface area (Å²) in [5.74, 6) is 1.30. The Morgan fingerprint density at radius 3 is 3.00 bits per heavy atom. The van der Waals surface area contributed by atoms with Crippen molar-refractivity contribution in [2.24, 2.45) is 0 Å². The molecule has 18 heavy (non-hydrogen) atoms. The van der Waals surface area contributed by atoms with Crippen LogP contribution in [-0.4, -0.2) is 55.2 Å². The monoisotopic (exact) mass is 314 g/mol. The Balaban J connectivity index is 2.14. The number of likely N-dealkylation sites (N-methyl/N-ethyl adjacent to an activating group) is 2. The Labute approximate surface area is 116 Å². The van der Waals surface area contributed by atoms with E-state index in [0.717, 1.165) is 17.0 Å². The molecular weight excluding hydrogens is 296 g/mol. The average Bonchev–Trinajstić information content (AvgIpc) is 2.38. The predicted molar refractivity (Wildman–Crippen MR) is 75.2 cm³/mol. The molecule has 6 heteroatoms. The van der Waals surface area contributed by atoms with Gasteiger partial charge in [0.2, 0.25) is 11.8 Å². The summed E-state index contributed by atoms with van der Waals surface area (Å²) in [6, 6.07) is 0.467. The zero-order valence-electron chi connectivity index (χ0n) is 11.1. The van der Waals surface area contributed by atoms with E-state index in [4.69, 9.17) is 4.74 Å². The zero-order valence-corrected chi connectivity index (χ0v) is 12.6. The van der Waals surface area contributed by atoms with Crippen molar-refractivity contribution >= 4 is 21.9 Å². The van der Waals surface area contributed by atoms with Crippen LogP contribution in [0.4, 0.5) is 5.95 Å². The first kappa shape index (κ1) is 13.5. The summed E-state index contributed by atoms with van der Waals surface area (Å²) < 4.78 is 5.99. The number of piperidine rings is 1. The van der Waals surface area contributed by atoms with E-state index in [2.05, 4.69) is 42.7 Å². The van der Waals surface area contributed by atoms with E-state index < -0.39 is 0 Å². The largest absolute Gasteiger partial charge is 0.480 e. The molecule has 0 saturated carbocycles. The van der Waals surface area contributed by atoms with E-state index in [1.165, 1.54) is 19.4 Å². The summed E-state index contributed by atoms with van der Waals surface area (Å²) >= 11 is 3.37. The van der Waals surface area contributed by atoms with Crippen molar-refractivity contribution in [3.8, 4) is 5.88 Å². The zero-order chi connectivity index (χ0) is 13.1. The molecule has 1 aromatic heterocycles. The van der Waals surface area contributed by atoms with Crippen LogP contribution in [-0.2, 0) is 0 Å². The van der Waals surface area contributed by atoms with Crippen LogP contribution in [0.2, 0.25) is 0 Å². The van der Waals surface area contributed by atoms with Gasteiger partial charge >= 0.3 is 0 Å². The Hall–Kier alpha value is -0.880. The van der Waals surface area contributed by atoms with Crippen molar-refractivity contribution < 1.29 is 4.74 Å². The van der Waals surface area contributed by atoms with E-state index >= 15 is 0 Å². The molecule has 2 rings (SSSR count). The highest BCUT2D eigenvalue weighted by Gasteiger charge is 2.23. The standard InChI is InChI=1S/C12H19BrN4O/c1-16-6-4-5-9(8-16)17(2)12-14-7-10(13)11(15-12)18-3/h7,9H,4-6,8H2,1-3H3. The quantitative estimate of drug-likeness (QED) is 0.850. The van der Waals surface area contributed by atoms with E-state index in [9.17, 15) is 0 Å². The van der Waals surface area contributed by atoms with Crippen LogP contribution >= 0.6 is 15.9 Å².